The van der Waals surface area contributed by atoms with Crippen LogP contribution in [0.5, 0.6) is 0 Å². The average molecular weight is 433 g/mol. The molecule has 172 valence electrons. The van der Waals surface area contributed by atoms with Crippen LogP contribution in [-0.4, -0.2) is 84.2 Å². The quantitative estimate of drug-likeness (QED) is 0.568. The normalized spacial score (nSPS) is 26.7. The minimum Gasteiger partial charge on any atom is -0.445 e. The zero-order chi connectivity index (χ0) is 22.4. The Kier molecular flexibility index (Phi) is 13.2. The number of amides is 1. The maximum atomic E-state index is 13.3. The summed E-state index contributed by atoms with van der Waals surface area (Å²) in [6.07, 6.45) is -2.53. The Hall–Kier alpha value is -1.81. The van der Waals surface area contributed by atoms with Gasteiger partial charge in [-0.3, -0.25) is 0 Å². The molecule has 7 nitrogen and oxygen atoms in total. The van der Waals surface area contributed by atoms with E-state index in [-0.39, 0.29) is 19.6 Å². The molecule has 30 heavy (non-hydrogen) atoms. The van der Waals surface area contributed by atoms with E-state index in [1.54, 1.807) is 0 Å². The molecule has 2 aliphatic heterocycles. The van der Waals surface area contributed by atoms with E-state index in [1.807, 2.05) is 30.3 Å². The Morgan fingerprint density at radius 2 is 1.73 bits per heavy atom. The summed E-state index contributed by atoms with van der Waals surface area (Å²) in [4.78, 5) is 13.2. The molecule has 9 heteroatoms. The smallest absolute Gasteiger partial charge is 0.410 e. The second-order valence-corrected chi connectivity index (χ2v) is 7.14. The molecular formula is C21H34F2N2O5. The minimum atomic E-state index is -1.26. The first-order valence-electron chi connectivity index (χ1n) is 10.2. The second kappa shape index (κ2) is 15.1. The Bertz CT molecular complexity index is 572. The Balaban J connectivity index is 0.000000342. The van der Waals surface area contributed by atoms with Gasteiger partial charge >= 0.3 is 6.09 Å². The number of ether oxygens (including phenoxy) is 1. The fourth-order valence-electron chi connectivity index (χ4n) is 3.07. The van der Waals surface area contributed by atoms with E-state index in [0.29, 0.717) is 25.9 Å². The number of benzene rings is 1. The summed E-state index contributed by atoms with van der Waals surface area (Å²) in [6.45, 7) is 1.84. The van der Waals surface area contributed by atoms with E-state index in [4.69, 9.17) is 14.9 Å². The molecule has 0 spiro atoms. The van der Waals surface area contributed by atoms with Crippen LogP contribution in [0, 0.1) is 0 Å². The van der Waals surface area contributed by atoms with E-state index in [9.17, 15) is 18.7 Å². The highest BCUT2D eigenvalue weighted by atomic mass is 19.1. The van der Waals surface area contributed by atoms with Gasteiger partial charge in [0.15, 0.2) is 0 Å². The van der Waals surface area contributed by atoms with E-state index >= 15 is 0 Å². The number of rotatable bonds is 2. The molecule has 0 saturated carbocycles. The number of β-amino-alcohol motifs (C(OH)–C–C–N with tert-alkyl or cyclic N) is 2. The van der Waals surface area contributed by atoms with Crippen molar-refractivity contribution in [2.24, 2.45) is 0 Å². The molecule has 0 aliphatic carbocycles. The number of likely N-dealkylation sites (tertiary alicyclic amines) is 1. The molecule has 0 aromatic heterocycles. The van der Waals surface area contributed by atoms with E-state index < -0.39 is 30.6 Å². The number of carbonyl (C=O) groups is 1. The van der Waals surface area contributed by atoms with Crippen molar-refractivity contribution < 1.29 is 33.6 Å². The highest BCUT2D eigenvalue weighted by Gasteiger charge is 2.28. The van der Waals surface area contributed by atoms with Gasteiger partial charge in [0, 0.05) is 20.2 Å². The summed E-state index contributed by atoms with van der Waals surface area (Å²) in [5.41, 5.74) is 0.898. The second-order valence-electron chi connectivity index (χ2n) is 7.14. The summed E-state index contributed by atoms with van der Waals surface area (Å²) in [6, 6.07) is 9.35. The van der Waals surface area contributed by atoms with Gasteiger partial charge in [0.1, 0.15) is 25.1 Å². The monoisotopic (exact) mass is 432 g/mol. The van der Waals surface area contributed by atoms with Crippen LogP contribution in [0.2, 0.25) is 0 Å². The van der Waals surface area contributed by atoms with Crippen molar-refractivity contribution in [1.29, 1.82) is 0 Å². The summed E-state index contributed by atoms with van der Waals surface area (Å²) in [7, 11) is 1.00. The third-order valence-corrected chi connectivity index (χ3v) is 4.80. The lowest BCUT2D eigenvalue weighted by atomic mass is 10.1. The van der Waals surface area contributed by atoms with Crippen molar-refractivity contribution in [3.05, 3.63) is 35.9 Å². The third kappa shape index (κ3) is 9.80. The van der Waals surface area contributed by atoms with Gasteiger partial charge in [-0.05, 0) is 37.8 Å². The fourth-order valence-corrected chi connectivity index (χ4v) is 3.07. The van der Waals surface area contributed by atoms with Gasteiger partial charge in [-0.1, -0.05) is 30.3 Å². The molecule has 1 amide bonds. The number of nitrogens with zero attached hydrogens (tertiary/aromatic N) is 1. The number of aliphatic hydroxyl groups excluding tert-OH is 3. The van der Waals surface area contributed by atoms with Crippen LogP contribution < -0.4 is 5.32 Å². The zero-order valence-electron chi connectivity index (χ0n) is 17.4. The van der Waals surface area contributed by atoms with Gasteiger partial charge < -0.3 is 30.3 Å². The highest BCUT2D eigenvalue weighted by molar-refractivity contribution is 5.67. The molecule has 0 radical (unpaired) electrons. The predicted molar refractivity (Wildman–Crippen MR) is 109 cm³/mol. The molecule has 2 fully saturated rings. The maximum absolute atomic E-state index is 13.3. The first-order chi connectivity index (χ1) is 14.5. The van der Waals surface area contributed by atoms with Gasteiger partial charge in [0.05, 0.1) is 12.6 Å². The van der Waals surface area contributed by atoms with Gasteiger partial charge in [-0.25, -0.2) is 13.6 Å². The summed E-state index contributed by atoms with van der Waals surface area (Å²) < 4.78 is 31.0. The molecule has 3 rings (SSSR count). The zero-order valence-corrected chi connectivity index (χ0v) is 17.4. The standard InChI is InChI=1S/C14H18FNO3.C6H12FNO.CH4O/c15-12-7-4-8-16(9-13(12)17)14(18)19-10-11-5-2-1-3-6-11;7-5-2-1-3-8-4-6(5)9;1-2/h1-3,5-6,12-13,17H,4,7-10H2;5-6,8-9H,1-4H2;2H,1H3/t12-,13+;5-,6+;/m11./s1. The van der Waals surface area contributed by atoms with Crippen LogP contribution in [0.1, 0.15) is 31.2 Å². The topological polar surface area (TPSA) is 102 Å². The molecule has 0 unspecified atom stereocenters. The number of alkyl halides is 2. The average Bonchev–Trinajstić information content (AvgIpc) is 3.07. The van der Waals surface area contributed by atoms with Crippen LogP contribution in [0.4, 0.5) is 13.6 Å². The van der Waals surface area contributed by atoms with Gasteiger partial charge in [-0.2, -0.15) is 0 Å². The first kappa shape index (κ1) is 26.2. The molecule has 2 aliphatic rings. The molecule has 1 aromatic carbocycles. The summed E-state index contributed by atoms with van der Waals surface area (Å²) >= 11 is 0. The minimum absolute atomic E-state index is 0.00517. The molecule has 1 aromatic rings. The van der Waals surface area contributed by atoms with E-state index in [2.05, 4.69) is 5.32 Å². The van der Waals surface area contributed by atoms with E-state index in [1.165, 1.54) is 4.90 Å². The number of aliphatic hydroxyl groups is 3. The van der Waals surface area contributed by atoms with Crippen molar-refractivity contribution >= 4 is 6.09 Å². The lowest BCUT2D eigenvalue weighted by Crippen LogP contribution is -2.38. The Morgan fingerprint density at radius 1 is 1.10 bits per heavy atom. The lowest BCUT2D eigenvalue weighted by Gasteiger charge is -2.22. The van der Waals surface area contributed by atoms with Gasteiger partial charge in [-0.15, -0.1) is 0 Å². The van der Waals surface area contributed by atoms with Crippen LogP contribution in [0.15, 0.2) is 30.3 Å². The molecular weight excluding hydrogens is 398 g/mol. The van der Waals surface area contributed by atoms with Crippen molar-refractivity contribution in [2.45, 2.75) is 56.8 Å². The number of halogens is 2. The first-order valence-corrected chi connectivity index (χ1v) is 10.2. The predicted octanol–water partition coefficient (Wildman–Crippen LogP) is 1.80. The number of hydrogen-bond acceptors (Lipinski definition) is 6. The SMILES string of the molecule is CO.O=C(OCc1ccccc1)N1CCC[C@@H](F)[C@@H](O)C1.O[C@H]1CNCCC[C@H]1F. The van der Waals surface area contributed by atoms with Gasteiger partial charge in [0.2, 0.25) is 0 Å². The van der Waals surface area contributed by atoms with Crippen molar-refractivity contribution in [3.8, 4) is 0 Å². The van der Waals surface area contributed by atoms with Crippen molar-refractivity contribution in [2.75, 3.05) is 33.3 Å². The highest BCUT2D eigenvalue weighted by Crippen LogP contribution is 2.16. The van der Waals surface area contributed by atoms with Crippen molar-refractivity contribution in [3.63, 3.8) is 0 Å². The number of hydrogen-bond donors (Lipinski definition) is 4. The van der Waals surface area contributed by atoms with E-state index in [0.717, 1.165) is 25.6 Å². The Morgan fingerprint density at radius 3 is 2.43 bits per heavy atom. The van der Waals surface area contributed by atoms with Crippen LogP contribution >= 0.6 is 0 Å². The largest absolute Gasteiger partial charge is 0.445 e. The summed E-state index contributed by atoms with van der Waals surface area (Å²) in [5, 5.41) is 28.4. The summed E-state index contributed by atoms with van der Waals surface area (Å²) in [5.74, 6) is 0. The number of nitrogens with one attached hydrogen (secondary N) is 1. The molecule has 4 atom stereocenters. The van der Waals surface area contributed by atoms with Crippen LogP contribution in [0.3, 0.4) is 0 Å². The molecule has 0 bridgehead atoms. The van der Waals surface area contributed by atoms with Crippen molar-refractivity contribution in [1.82, 2.24) is 10.2 Å². The maximum Gasteiger partial charge on any atom is 0.410 e. The molecule has 2 heterocycles. The molecule has 4 N–H and O–H groups in total. The Labute approximate surface area is 176 Å². The lowest BCUT2D eigenvalue weighted by molar-refractivity contribution is 0.0461. The third-order valence-electron chi connectivity index (χ3n) is 4.80. The van der Waals surface area contributed by atoms with Gasteiger partial charge in [0.25, 0.3) is 0 Å². The van der Waals surface area contributed by atoms with Crippen LogP contribution in [-0.2, 0) is 11.3 Å². The van der Waals surface area contributed by atoms with Crippen LogP contribution in [0.25, 0.3) is 0 Å². The number of carbonyl (C=O) groups excluding carboxylic acids is 1. The fraction of sp³-hybridized carbons (Fsp3) is 0.667. The molecule has 2 saturated heterocycles.